The van der Waals surface area contributed by atoms with Gasteiger partial charge in [-0.2, -0.15) is 0 Å². The molecule has 0 saturated carbocycles. The summed E-state index contributed by atoms with van der Waals surface area (Å²) in [4.78, 5) is 9.51. The molecule has 0 saturated heterocycles. The van der Waals surface area contributed by atoms with Gasteiger partial charge >= 0.3 is 0 Å². The summed E-state index contributed by atoms with van der Waals surface area (Å²) in [6.45, 7) is 6.64. The summed E-state index contributed by atoms with van der Waals surface area (Å²) in [5.74, 6) is 0. The molecule has 0 N–H and O–H groups in total. The van der Waals surface area contributed by atoms with Crippen molar-refractivity contribution >= 4 is 27.6 Å². The lowest BCUT2D eigenvalue weighted by Gasteiger charge is -2.39. The van der Waals surface area contributed by atoms with Crippen LogP contribution in [-0.2, 0) is 0 Å². The molecule has 0 spiro atoms. The summed E-state index contributed by atoms with van der Waals surface area (Å²) in [5, 5.41) is 2.43. The molecule has 4 heteroatoms. The Bertz CT molecular complexity index is 1220. The van der Waals surface area contributed by atoms with E-state index in [0.717, 1.165) is 11.3 Å². The number of fused-ring (bicyclic) bond motifs is 3. The van der Waals surface area contributed by atoms with Crippen LogP contribution in [0, 0.1) is 6.92 Å². The molecular formula is C24H24N4. The second-order valence-corrected chi connectivity index (χ2v) is 7.95. The Kier molecular flexibility index (Phi) is 3.53. The summed E-state index contributed by atoms with van der Waals surface area (Å²) in [7, 11) is 2.12. The fourth-order valence-corrected chi connectivity index (χ4v) is 4.20. The van der Waals surface area contributed by atoms with Crippen LogP contribution in [-0.4, -0.2) is 27.2 Å². The third-order valence-electron chi connectivity index (χ3n) is 5.99. The van der Waals surface area contributed by atoms with Gasteiger partial charge in [0, 0.05) is 36.7 Å². The van der Waals surface area contributed by atoms with Crippen LogP contribution in [0.25, 0.3) is 27.6 Å². The van der Waals surface area contributed by atoms with Gasteiger partial charge in [0.1, 0.15) is 11.3 Å². The largest absolute Gasteiger partial charge is 0.357 e. The zero-order chi connectivity index (χ0) is 19.5. The molecule has 0 atom stereocenters. The molecule has 0 fully saturated rings. The van der Waals surface area contributed by atoms with Gasteiger partial charge in [0.05, 0.1) is 16.6 Å². The topological polar surface area (TPSA) is 24.3 Å². The van der Waals surface area contributed by atoms with Crippen molar-refractivity contribution in [3.05, 3.63) is 78.8 Å². The number of nitrogens with zero attached hydrogens (tertiary/aromatic N) is 4. The van der Waals surface area contributed by atoms with Gasteiger partial charge in [0.15, 0.2) is 0 Å². The summed E-state index contributed by atoms with van der Waals surface area (Å²) in [6, 6.07) is 19.1. The van der Waals surface area contributed by atoms with Crippen LogP contribution in [0.15, 0.2) is 73.2 Å². The first-order valence-electron chi connectivity index (χ1n) is 9.65. The predicted molar refractivity (Wildman–Crippen MR) is 117 cm³/mol. The SMILES string of the molecule is Cc1cnc2c(c1N1C=CN(C)C1(C)C)c1ccccc1n2-c1ccccc1. The average molecular weight is 368 g/mol. The van der Waals surface area contributed by atoms with Crippen LogP contribution in [0.2, 0.25) is 0 Å². The highest BCUT2D eigenvalue weighted by molar-refractivity contribution is 6.14. The third kappa shape index (κ3) is 2.21. The van der Waals surface area contributed by atoms with Gasteiger partial charge in [-0.15, -0.1) is 0 Å². The lowest BCUT2D eigenvalue weighted by molar-refractivity contribution is 0.253. The van der Waals surface area contributed by atoms with Gasteiger partial charge in [-0.25, -0.2) is 4.98 Å². The maximum absolute atomic E-state index is 4.89. The third-order valence-corrected chi connectivity index (χ3v) is 5.99. The Labute approximate surface area is 165 Å². The molecule has 0 amide bonds. The van der Waals surface area contributed by atoms with Crippen LogP contribution in [0.5, 0.6) is 0 Å². The molecule has 4 aromatic rings. The molecule has 3 heterocycles. The van der Waals surface area contributed by atoms with E-state index in [0.29, 0.717) is 0 Å². The van der Waals surface area contributed by atoms with E-state index >= 15 is 0 Å². The fourth-order valence-electron chi connectivity index (χ4n) is 4.20. The highest BCUT2D eigenvalue weighted by Crippen LogP contribution is 2.42. The molecule has 2 aromatic heterocycles. The van der Waals surface area contributed by atoms with Crippen molar-refractivity contribution in [2.24, 2.45) is 0 Å². The zero-order valence-electron chi connectivity index (χ0n) is 16.7. The van der Waals surface area contributed by atoms with Crippen LogP contribution in [0.1, 0.15) is 19.4 Å². The van der Waals surface area contributed by atoms with Crippen LogP contribution in [0.3, 0.4) is 0 Å². The van der Waals surface area contributed by atoms with Gasteiger partial charge in [0.2, 0.25) is 0 Å². The number of pyridine rings is 1. The Hall–Kier alpha value is -3.27. The molecule has 2 aromatic carbocycles. The number of aromatic nitrogens is 2. The van der Waals surface area contributed by atoms with Gasteiger partial charge in [-0.05, 0) is 44.5 Å². The second-order valence-electron chi connectivity index (χ2n) is 7.95. The minimum Gasteiger partial charge on any atom is -0.357 e. The summed E-state index contributed by atoms with van der Waals surface area (Å²) in [6.07, 6.45) is 6.32. The lowest BCUT2D eigenvalue weighted by Crippen LogP contribution is -2.47. The second kappa shape index (κ2) is 5.86. The molecule has 0 aliphatic carbocycles. The number of anilines is 1. The van der Waals surface area contributed by atoms with Crippen molar-refractivity contribution in [1.29, 1.82) is 0 Å². The van der Waals surface area contributed by atoms with E-state index in [1.807, 2.05) is 12.3 Å². The van der Waals surface area contributed by atoms with Crippen molar-refractivity contribution < 1.29 is 0 Å². The summed E-state index contributed by atoms with van der Waals surface area (Å²) < 4.78 is 2.27. The molecule has 0 unspecified atom stereocenters. The molecule has 140 valence electrons. The minimum absolute atomic E-state index is 0.144. The van der Waals surface area contributed by atoms with Crippen molar-refractivity contribution in [2.75, 3.05) is 11.9 Å². The Morgan fingerprint density at radius 2 is 1.61 bits per heavy atom. The van der Waals surface area contributed by atoms with E-state index in [1.54, 1.807) is 0 Å². The number of hydrogen-bond donors (Lipinski definition) is 0. The first-order valence-corrected chi connectivity index (χ1v) is 9.65. The van der Waals surface area contributed by atoms with E-state index in [-0.39, 0.29) is 5.66 Å². The van der Waals surface area contributed by atoms with Crippen molar-refractivity contribution in [2.45, 2.75) is 26.4 Å². The quantitative estimate of drug-likeness (QED) is 0.470. The number of rotatable bonds is 2. The summed E-state index contributed by atoms with van der Waals surface area (Å²) in [5.41, 5.74) is 5.56. The average Bonchev–Trinajstić information content (AvgIpc) is 3.17. The predicted octanol–water partition coefficient (Wildman–Crippen LogP) is 5.45. The zero-order valence-corrected chi connectivity index (χ0v) is 16.7. The van der Waals surface area contributed by atoms with Crippen LogP contribution in [0.4, 0.5) is 5.69 Å². The number of hydrogen-bond acceptors (Lipinski definition) is 3. The Morgan fingerprint density at radius 3 is 2.32 bits per heavy atom. The Balaban J connectivity index is 1.92. The smallest absolute Gasteiger partial charge is 0.147 e. The molecule has 0 radical (unpaired) electrons. The molecule has 5 rings (SSSR count). The van der Waals surface area contributed by atoms with Gasteiger partial charge in [0.25, 0.3) is 0 Å². The number of aryl methyl sites for hydroxylation is 1. The van der Waals surface area contributed by atoms with Crippen LogP contribution < -0.4 is 4.90 Å². The van der Waals surface area contributed by atoms with Gasteiger partial charge in [-0.3, -0.25) is 4.57 Å². The highest BCUT2D eigenvalue weighted by Gasteiger charge is 2.35. The normalized spacial score (nSPS) is 15.9. The Morgan fingerprint density at radius 1 is 0.893 bits per heavy atom. The highest BCUT2D eigenvalue weighted by atomic mass is 15.4. The van der Waals surface area contributed by atoms with Gasteiger partial charge in [-0.1, -0.05) is 36.4 Å². The molecule has 1 aliphatic heterocycles. The van der Waals surface area contributed by atoms with Crippen molar-refractivity contribution in [3.8, 4) is 5.69 Å². The monoisotopic (exact) mass is 368 g/mol. The lowest BCUT2D eigenvalue weighted by atomic mass is 10.1. The summed E-state index contributed by atoms with van der Waals surface area (Å²) >= 11 is 0. The number of benzene rings is 2. The molecule has 4 nitrogen and oxygen atoms in total. The van der Waals surface area contributed by atoms with E-state index < -0.39 is 0 Å². The maximum Gasteiger partial charge on any atom is 0.147 e. The first kappa shape index (κ1) is 16.9. The maximum atomic E-state index is 4.89. The van der Waals surface area contributed by atoms with E-state index in [9.17, 15) is 0 Å². The van der Waals surface area contributed by atoms with Crippen molar-refractivity contribution in [1.82, 2.24) is 14.5 Å². The fraction of sp³-hybridized carbons (Fsp3) is 0.208. The van der Waals surface area contributed by atoms with E-state index in [4.69, 9.17) is 4.98 Å². The first-order chi connectivity index (χ1) is 13.5. The molecular weight excluding hydrogens is 344 g/mol. The number of para-hydroxylation sites is 2. The molecule has 28 heavy (non-hydrogen) atoms. The standard InChI is InChI=1S/C24H24N4/c1-17-16-25-23-21(22(17)27-15-14-26(4)24(27,2)3)19-12-8-9-13-20(19)28(23)18-10-6-5-7-11-18/h5-16H,1-4H3. The van der Waals surface area contributed by atoms with Crippen LogP contribution >= 0.6 is 0 Å². The van der Waals surface area contributed by atoms with Gasteiger partial charge < -0.3 is 9.80 Å². The van der Waals surface area contributed by atoms with Crippen molar-refractivity contribution in [3.63, 3.8) is 0 Å². The van der Waals surface area contributed by atoms with E-state index in [2.05, 4.69) is 103 Å². The molecule has 0 bridgehead atoms. The molecule has 1 aliphatic rings. The minimum atomic E-state index is -0.144. The van der Waals surface area contributed by atoms with E-state index in [1.165, 1.54) is 27.5 Å².